The van der Waals surface area contributed by atoms with E-state index < -0.39 is 11.5 Å². The van der Waals surface area contributed by atoms with Crippen LogP contribution in [0.3, 0.4) is 0 Å². The Kier molecular flexibility index (Phi) is 11.7. The molecule has 0 amide bonds. The molecule has 1 N–H and O–H groups in total. The van der Waals surface area contributed by atoms with Crippen molar-refractivity contribution in [1.82, 2.24) is 4.90 Å². The number of hydrogen-bond donors (Lipinski definition) is 1. The van der Waals surface area contributed by atoms with E-state index in [1.807, 2.05) is 25.9 Å². The van der Waals surface area contributed by atoms with Crippen LogP contribution in [-0.4, -0.2) is 35.6 Å². The van der Waals surface area contributed by atoms with Gasteiger partial charge in [0.1, 0.15) is 5.54 Å². The van der Waals surface area contributed by atoms with Gasteiger partial charge in [0.15, 0.2) is 0 Å². The van der Waals surface area contributed by atoms with Gasteiger partial charge in [0, 0.05) is 0 Å². The van der Waals surface area contributed by atoms with Crippen molar-refractivity contribution in [3.8, 4) is 0 Å². The monoisotopic (exact) mass is 299 g/mol. The molecule has 0 aromatic rings. The van der Waals surface area contributed by atoms with Gasteiger partial charge >= 0.3 is 5.97 Å². The molecule has 3 heteroatoms. The van der Waals surface area contributed by atoms with E-state index in [0.29, 0.717) is 6.42 Å². The largest absolute Gasteiger partial charge is 0.480 e. The first-order valence-electron chi connectivity index (χ1n) is 8.92. The van der Waals surface area contributed by atoms with Crippen LogP contribution in [-0.2, 0) is 4.79 Å². The Hall–Kier alpha value is -0.570. The van der Waals surface area contributed by atoms with E-state index in [1.165, 1.54) is 51.4 Å². The SMILES string of the molecule is CCCCCCCCCCCCC(CC)(C(=O)O)N(C)C. The topological polar surface area (TPSA) is 40.5 Å². The highest BCUT2D eigenvalue weighted by Gasteiger charge is 2.38. The van der Waals surface area contributed by atoms with Crippen LogP contribution in [0.25, 0.3) is 0 Å². The van der Waals surface area contributed by atoms with Crippen molar-refractivity contribution in [2.45, 2.75) is 96.4 Å². The lowest BCUT2D eigenvalue weighted by Gasteiger charge is -2.35. The molecule has 0 aromatic carbocycles. The highest BCUT2D eigenvalue weighted by molar-refractivity contribution is 5.78. The minimum absolute atomic E-state index is 0.667. The maximum Gasteiger partial charge on any atom is 0.324 e. The van der Waals surface area contributed by atoms with E-state index in [0.717, 1.165) is 19.3 Å². The molecule has 0 bridgehead atoms. The molecule has 1 atom stereocenters. The first-order valence-corrected chi connectivity index (χ1v) is 8.92. The molecule has 0 radical (unpaired) electrons. The van der Waals surface area contributed by atoms with Crippen molar-refractivity contribution < 1.29 is 9.90 Å². The summed E-state index contributed by atoms with van der Waals surface area (Å²) in [6.07, 6.45) is 14.3. The van der Waals surface area contributed by atoms with E-state index in [1.54, 1.807) is 0 Å². The molecule has 21 heavy (non-hydrogen) atoms. The summed E-state index contributed by atoms with van der Waals surface area (Å²) in [7, 11) is 3.77. The lowest BCUT2D eigenvalue weighted by atomic mass is 9.88. The van der Waals surface area contributed by atoms with Gasteiger partial charge in [-0.05, 0) is 26.9 Å². The standard InChI is InChI=1S/C18H37NO2/c1-5-7-8-9-10-11-12-13-14-15-16-18(6-2,17(20)21)19(3)4/h5-16H2,1-4H3,(H,20,21). The van der Waals surface area contributed by atoms with Gasteiger partial charge in [-0.1, -0.05) is 78.1 Å². The highest BCUT2D eigenvalue weighted by Crippen LogP contribution is 2.25. The average molecular weight is 299 g/mol. The summed E-state index contributed by atoms with van der Waals surface area (Å²) in [5.41, 5.74) is -0.667. The van der Waals surface area contributed by atoms with Crippen LogP contribution in [0.2, 0.25) is 0 Å². The summed E-state index contributed by atoms with van der Waals surface area (Å²) in [5, 5.41) is 9.50. The number of unbranched alkanes of at least 4 members (excludes halogenated alkanes) is 9. The van der Waals surface area contributed by atoms with Crippen molar-refractivity contribution in [3.05, 3.63) is 0 Å². The van der Waals surface area contributed by atoms with Gasteiger partial charge in [0.05, 0.1) is 0 Å². The van der Waals surface area contributed by atoms with Gasteiger partial charge in [0.25, 0.3) is 0 Å². The average Bonchev–Trinajstić information content (AvgIpc) is 2.44. The highest BCUT2D eigenvalue weighted by atomic mass is 16.4. The van der Waals surface area contributed by atoms with E-state index >= 15 is 0 Å². The number of aliphatic carboxylic acids is 1. The summed E-state index contributed by atoms with van der Waals surface area (Å²) in [4.78, 5) is 13.4. The zero-order chi connectivity index (χ0) is 16.1. The molecule has 1 unspecified atom stereocenters. The fourth-order valence-electron chi connectivity index (χ4n) is 3.07. The summed E-state index contributed by atoms with van der Waals surface area (Å²) in [6, 6.07) is 0. The number of carboxylic acid groups (broad SMARTS) is 1. The third-order valence-corrected chi connectivity index (χ3v) is 4.78. The van der Waals surface area contributed by atoms with Crippen molar-refractivity contribution in [2.75, 3.05) is 14.1 Å². The summed E-state index contributed by atoms with van der Waals surface area (Å²) >= 11 is 0. The van der Waals surface area contributed by atoms with Crippen molar-refractivity contribution >= 4 is 5.97 Å². The van der Waals surface area contributed by atoms with Gasteiger partial charge in [-0.2, -0.15) is 0 Å². The Bertz CT molecular complexity index is 266. The molecule has 126 valence electrons. The van der Waals surface area contributed by atoms with E-state index in [2.05, 4.69) is 6.92 Å². The fraction of sp³-hybridized carbons (Fsp3) is 0.944. The number of nitrogens with zero attached hydrogens (tertiary/aromatic N) is 1. The van der Waals surface area contributed by atoms with Crippen LogP contribution in [0.15, 0.2) is 0 Å². The molecule has 3 nitrogen and oxygen atoms in total. The third-order valence-electron chi connectivity index (χ3n) is 4.78. The van der Waals surface area contributed by atoms with Crippen LogP contribution in [0, 0.1) is 0 Å². The number of likely N-dealkylation sites (N-methyl/N-ethyl adjacent to an activating group) is 1. The van der Waals surface area contributed by atoms with Gasteiger partial charge in [-0.15, -0.1) is 0 Å². The first-order chi connectivity index (χ1) is 10.0. The molecule has 0 saturated carbocycles. The van der Waals surface area contributed by atoms with Crippen molar-refractivity contribution in [2.24, 2.45) is 0 Å². The molecule has 0 aliphatic carbocycles. The summed E-state index contributed by atoms with van der Waals surface area (Å²) in [5.74, 6) is -0.675. The van der Waals surface area contributed by atoms with Crippen LogP contribution >= 0.6 is 0 Å². The predicted molar refractivity (Wildman–Crippen MR) is 90.8 cm³/mol. The van der Waals surface area contributed by atoms with E-state index in [9.17, 15) is 9.90 Å². The Morgan fingerprint density at radius 1 is 0.857 bits per heavy atom. The number of rotatable bonds is 14. The molecular weight excluding hydrogens is 262 g/mol. The lowest BCUT2D eigenvalue weighted by Crippen LogP contribution is -2.50. The van der Waals surface area contributed by atoms with Gasteiger partial charge < -0.3 is 5.11 Å². The second-order valence-corrected chi connectivity index (χ2v) is 6.52. The smallest absolute Gasteiger partial charge is 0.324 e. The molecule has 0 aromatic heterocycles. The normalized spacial score (nSPS) is 14.3. The third kappa shape index (κ3) is 7.85. The molecule has 0 saturated heterocycles. The first kappa shape index (κ1) is 20.4. The van der Waals surface area contributed by atoms with Crippen molar-refractivity contribution in [1.29, 1.82) is 0 Å². The molecule has 0 aliphatic rings. The van der Waals surface area contributed by atoms with E-state index in [-0.39, 0.29) is 0 Å². The molecule has 0 rings (SSSR count). The fourth-order valence-corrected chi connectivity index (χ4v) is 3.07. The van der Waals surface area contributed by atoms with Crippen LogP contribution in [0.1, 0.15) is 90.9 Å². The van der Waals surface area contributed by atoms with E-state index in [4.69, 9.17) is 0 Å². The summed E-state index contributed by atoms with van der Waals surface area (Å²) < 4.78 is 0. The second-order valence-electron chi connectivity index (χ2n) is 6.52. The Morgan fingerprint density at radius 3 is 1.62 bits per heavy atom. The molecular formula is C18H37NO2. The van der Waals surface area contributed by atoms with Gasteiger partial charge in [-0.25, -0.2) is 0 Å². The second kappa shape index (κ2) is 12.0. The zero-order valence-corrected chi connectivity index (χ0v) is 14.8. The molecule has 0 spiro atoms. The Labute approximate surface area is 132 Å². The minimum Gasteiger partial charge on any atom is -0.480 e. The lowest BCUT2D eigenvalue weighted by molar-refractivity contribution is -0.150. The Balaban J connectivity index is 3.71. The van der Waals surface area contributed by atoms with Crippen molar-refractivity contribution in [3.63, 3.8) is 0 Å². The Morgan fingerprint density at radius 2 is 1.29 bits per heavy atom. The molecule has 0 fully saturated rings. The van der Waals surface area contributed by atoms with Gasteiger partial charge in [-0.3, -0.25) is 9.69 Å². The summed E-state index contributed by atoms with van der Waals surface area (Å²) in [6.45, 7) is 4.23. The minimum atomic E-state index is -0.675. The molecule has 0 heterocycles. The van der Waals surface area contributed by atoms with Gasteiger partial charge in [0.2, 0.25) is 0 Å². The number of carboxylic acids is 1. The molecule has 0 aliphatic heterocycles. The van der Waals surface area contributed by atoms with Crippen LogP contribution in [0.5, 0.6) is 0 Å². The van der Waals surface area contributed by atoms with Crippen LogP contribution < -0.4 is 0 Å². The number of hydrogen-bond acceptors (Lipinski definition) is 2. The maximum atomic E-state index is 11.5. The number of carbonyl (C=O) groups is 1. The van der Waals surface area contributed by atoms with Crippen LogP contribution in [0.4, 0.5) is 0 Å². The maximum absolute atomic E-state index is 11.5. The quantitative estimate of drug-likeness (QED) is 0.454. The predicted octanol–water partition coefficient (Wildman–Crippen LogP) is 5.09. The zero-order valence-electron chi connectivity index (χ0n) is 14.8.